The number of benzene rings is 1. The van der Waals surface area contributed by atoms with Crippen molar-refractivity contribution in [2.75, 3.05) is 5.32 Å². The maximum absolute atomic E-state index is 11.1. The number of hydrogen-bond acceptors (Lipinski definition) is 4. The number of aryl methyl sites for hydroxylation is 1. The SMILES string of the molecule is Cc1nc(Cl)c(C=O)c(NC(C)c2ccc(Cl)cc2)n1. The minimum atomic E-state index is -0.0451. The molecule has 0 aliphatic heterocycles. The van der Waals surface area contributed by atoms with Gasteiger partial charge in [0.05, 0.1) is 5.56 Å². The molecule has 0 radical (unpaired) electrons. The van der Waals surface area contributed by atoms with Crippen LogP contribution in [0.15, 0.2) is 24.3 Å². The maximum atomic E-state index is 11.1. The highest BCUT2D eigenvalue weighted by molar-refractivity contribution is 6.32. The largest absolute Gasteiger partial charge is 0.363 e. The van der Waals surface area contributed by atoms with Crippen molar-refractivity contribution in [3.63, 3.8) is 0 Å². The minimum absolute atomic E-state index is 0.0451. The summed E-state index contributed by atoms with van der Waals surface area (Å²) in [4.78, 5) is 19.3. The molecule has 20 heavy (non-hydrogen) atoms. The van der Waals surface area contributed by atoms with Gasteiger partial charge in [-0.2, -0.15) is 0 Å². The molecular weight excluding hydrogens is 297 g/mol. The van der Waals surface area contributed by atoms with Gasteiger partial charge in [-0.25, -0.2) is 9.97 Å². The number of nitrogens with one attached hydrogen (secondary N) is 1. The van der Waals surface area contributed by atoms with Crippen molar-refractivity contribution in [2.24, 2.45) is 0 Å². The standard InChI is InChI=1S/C14H13Cl2N3O/c1-8(10-3-5-11(15)6-4-10)17-14-12(7-20)13(16)18-9(2)19-14/h3-8H,1-2H3,(H,17,18,19). The van der Waals surface area contributed by atoms with Gasteiger partial charge >= 0.3 is 0 Å². The van der Waals surface area contributed by atoms with E-state index in [1.54, 1.807) is 6.92 Å². The van der Waals surface area contributed by atoms with E-state index in [9.17, 15) is 4.79 Å². The van der Waals surface area contributed by atoms with Crippen LogP contribution in [-0.4, -0.2) is 16.3 Å². The predicted molar refractivity (Wildman–Crippen MR) is 80.7 cm³/mol. The van der Waals surface area contributed by atoms with Crippen molar-refractivity contribution in [3.05, 3.63) is 51.4 Å². The number of aldehydes is 1. The summed E-state index contributed by atoms with van der Waals surface area (Å²) < 4.78 is 0. The fourth-order valence-corrected chi connectivity index (χ4v) is 2.18. The zero-order valence-electron chi connectivity index (χ0n) is 11.0. The summed E-state index contributed by atoms with van der Waals surface area (Å²) in [6.45, 7) is 3.68. The van der Waals surface area contributed by atoms with E-state index in [0.717, 1.165) is 5.56 Å². The number of carbonyl (C=O) groups excluding carboxylic acids is 1. The third-order valence-corrected chi connectivity index (χ3v) is 3.39. The summed E-state index contributed by atoms with van der Waals surface area (Å²) in [6, 6.07) is 7.41. The number of nitrogens with zero attached hydrogens (tertiary/aromatic N) is 2. The van der Waals surface area contributed by atoms with Crippen LogP contribution in [-0.2, 0) is 0 Å². The third-order valence-electron chi connectivity index (χ3n) is 2.85. The monoisotopic (exact) mass is 309 g/mol. The molecule has 0 fully saturated rings. The van der Waals surface area contributed by atoms with Crippen molar-refractivity contribution in [2.45, 2.75) is 19.9 Å². The van der Waals surface area contributed by atoms with Gasteiger partial charge in [0.1, 0.15) is 16.8 Å². The number of carbonyl (C=O) groups is 1. The molecule has 2 rings (SSSR count). The van der Waals surface area contributed by atoms with Crippen molar-refractivity contribution >= 4 is 35.3 Å². The van der Waals surface area contributed by atoms with Crippen LogP contribution >= 0.6 is 23.2 Å². The van der Waals surface area contributed by atoms with E-state index < -0.39 is 0 Å². The average molecular weight is 310 g/mol. The molecule has 1 aromatic heterocycles. The van der Waals surface area contributed by atoms with Crippen LogP contribution in [0.2, 0.25) is 10.2 Å². The topological polar surface area (TPSA) is 54.9 Å². The van der Waals surface area contributed by atoms with Gasteiger partial charge in [-0.1, -0.05) is 35.3 Å². The van der Waals surface area contributed by atoms with Crippen molar-refractivity contribution in [3.8, 4) is 0 Å². The Morgan fingerprint density at radius 2 is 1.85 bits per heavy atom. The fourth-order valence-electron chi connectivity index (χ4n) is 1.80. The highest BCUT2D eigenvalue weighted by atomic mass is 35.5. The lowest BCUT2D eigenvalue weighted by Gasteiger charge is -2.17. The van der Waals surface area contributed by atoms with Crippen molar-refractivity contribution in [1.29, 1.82) is 0 Å². The average Bonchev–Trinajstić information content (AvgIpc) is 2.39. The molecule has 6 heteroatoms. The normalized spacial score (nSPS) is 12.0. The molecule has 0 aliphatic rings. The lowest BCUT2D eigenvalue weighted by atomic mass is 10.1. The number of rotatable bonds is 4. The number of aromatic nitrogens is 2. The van der Waals surface area contributed by atoms with E-state index in [0.29, 0.717) is 23.0 Å². The van der Waals surface area contributed by atoms with E-state index in [-0.39, 0.29) is 16.8 Å². The van der Waals surface area contributed by atoms with Crippen LogP contribution in [0.3, 0.4) is 0 Å². The van der Waals surface area contributed by atoms with Crippen molar-refractivity contribution < 1.29 is 4.79 Å². The van der Waals surface area contributed by atoms with Crippen LogP contribution in [0.1, 0.15) is 34.7 Å². The first-order valence-electron chi connectivity index (χ1n) is 6.02. The number of hydrogen-bond donors (Lipinski definition) is 1. The molecule has 104 valence electrons. The molecule has 1 unspecified atom stereocenters. The van der Waals surface area contributed by atoms with E-state index in [1.807, 2.05) is 31.2 Å². The molecule has 0 amide bonds. The molecule has 0 saturated carbocycles. The summed E-state index contributed by atoms with van der Waals surface area (Å²) in [5, 5.41) is 4.00. The van der Waals surface area contributed by atoms with Crippen LogP contribution in [0.4, 0.5) is 5.82 Å². The Kier molecular flexibility index (Phi) is 4.57. The first-order chi connectivity index (χ1) is 9.51. The summed E-state index contributed by atoms with van der Waals surface area (Å²) in [6.07, 6.45) is 0.651. The Bertz CT molecular complexity index is 629. The quantitative estimate of drug-likeness (QED) is 0.683. The third kappa shape index (κ3) is 3.26. The van der Waals surface area contributed by atoms with Crippen LogP contribution in [0.5, 0.6) is 0 Å². The molecule has 0 spiro atoms. The van der Waals surface area contributed by atoms with Gasteiger partial charge in [0.25, 0.3) is 0 Å². The molecule has 1 aromatic carbocycles. The Labute approximate surface area is 127 Å². The zero-order chi connectivity index (χ0) is 14.7. The second kappa shape index (κ2) is 6.20. The lowest BCUT2D eigenvalue weighted by Crippen LogP contribution is -2.11. The highest BCUT2D eigenvalue weighted by Crippen LogP contribution is 2.24. The lowest BCUT2D eigenvalue weighted by molar-refractivity contribution is 0.112. The van der Waals surface area contributed by atoms with E-state index >= 15 is 0 Å². The smallest absolute Gasteiger partial charge is 0.156 e. The van der Waals surface area contributed by atoms with Gasteiger partial charge in [0.2, 0.25) is 0 Å². The molecule has 1 atom stereocenters. The molecule has 1 heterocycles. The molecule has 0 aliphatic carbocycles. The highest BCUT2D eigenvalue weighted by Gasteiger charge is 2.14. The summed E-state index contributed by atoms with van der Waals surface area (Å²) >= 11 is 11.8. The summed E-state index contributed by atoms with van der Waals surface area (Å²) in [5.41, 5.74) is 1.29. The van der Waals surface area contributed by atoms with Crippen molar-refractivity contribution in [1.82, 2.24) is 9.97 Å². The van der Waals surface area contributed by atoms with Crippen LogP contribution in [0.25, 0.3) is 0 Å². The maximum Gasteiger partial charge on any atom is 0.156 e. The first-order valence-corrected chi connectivity index (χ1v) is 6.78. The predicted octanol–water partition coefficient (Wildman–Crippen LogP) is 4.08. The molecule has 0 bridgehead atoms. The van der Waals surface area contributed by atoms with Crippen LogP contribution < -0.4 is 5.32 Å². The molecular formula is C14H13Cl2N3O. The van der Waals surface area contributed by atoms with E-state index in [1.165, 1.54) is 0 Å². The van der Waals surface area contributed by atoms with Gasteiger partial charge in [-0.3, -0.25) is 4.79 Å². The fraction of sp³-hybridized carbons (Fsp3) is 0.214. The molecule has 4 nitrogen and oxygen atoms in total. The van der Waals surface area contributed by atoms with Crippen LogP contribution in [0, 0.1) is 6.92 Å². The Balaban J connectivity index is 2.29. The van der Waals surface area contributed by atoms with Gasteiger partial charge in [0.15, 0.2) is 6.29 Å². The second-order valence-electron chi connectivity index (χ2n) is 4.36. The Hall–Kier alpha value is -1.65. The van der Waals surface area contributed by atoms with Gasteiger partial charge in [-0.05, 0) is 31.5 Å². The second-order valence-corrected chi connectivity index (χ2v) is 5.15. The Morgan fingerprint density at radius 1 is 1.20 bits per heavy atom. The molecule has 1 N–H and O–H groups in total. The summed E-state index contributed by atoms with van der Waals surface area (Å²) in [7, 11) is 0. The molecule has 2 aromatic rings. The van der Waals surface area contributed by atoms with E-state index in [4.69, 9.17) is 23.2 Å². The minimum Gasteiger partial charge on any atom is -0.363 e. The zero-order valence-corrected chi connectivity index (χ0v) is 12.5. The first kappa shape index (κ1) is 14.8. The molecule has 0 saturated heterocycles. The van der Waals surface area contributed by atoms with Gasteiger partial charge in [-0.15, -0.1) is 0 Å². The number of anilines is 1. The Morgan fingerprint density at radius 3 is 2.45 bits per heavy atom. The van der Waals surface area contributed by atoms with Gasteiger partial charge < -0.3 is 5.32 Å². The van der Waals surface area contributed by atoms with Gasteiger partial charge in [0, 0.05) is 11.1 Å². The van der Waals surface area contributed by atoms with E-state index in [2.05, 4.69) is 15.3 Å². The number of halogens is 2. The summed E-state index contributed by atoms with van der Waals surface area (Å²) in [5.74, 6) is 0.936.